The van der Waals surface area contributed by atoms with Crippen LogP contribution in [0.5, 0.6) is 0 Å². The molecule has 1 atom stereocenters. The van der Waals surface area contributed by atoms with Crippen molar-refractivity contribution >= 4 is 34.5 Å². The third-order valence-electron chi connectivity index (χ3n) is 8.10. The number of nitrogens with one attached hydrogen (secondary N) is 1. The Morgan fingerprint density at radius 2 is 1.73 bits per heavy atom. The SMILES string of the molecule is CC(Nc1cc(F)cc(F)c1)c1cc(C(=O)N2CCC(CN(C)C(=O)OC(C)(C)C)CC2)cc2ncc(N3CCOCC3)nc12. The lowest BCUT2D eigenvalue weighted by molar-refractivity contribution is 0.0246. The van der Waals surface area contributed by atoms with Crippen LogP contribution >= 0.6 is 0 Å². The highest BCUT2D eigenvalue weighted by Crippen LogP contribution is 2.30. The first kappa shape index (κ1) is 32.3. The van der Waals surface area contributed by atoms with Crippen LogP contribution in [0, 0.1) is 17.6 Å². The van der Waals surface area contributed by atoms with Crippen LogP contribution in [-0.4, -0.2) is 90.4 Å². The van der Waals surface area contributed by atoms with E-state index in [-0.39, 0.29) is 23.6 Å². The van der Waals surface area contributed by atoms with E-state index in [0.29, 0.717) is 73.9 Å². The van der Waals surface area contributed by atoms with Gasteiger partial charge < -0.3 is 29.5 Å². The third-order valence-corrected chi connectivity index (χ3v) is 8.10. The predicted molar refractivity (Wildman–Crippen MR) is 168 cm³/mol. The molecular weight excluding hydrogens is 582 g/mol. The maximum absolute atomic E-state index is 14.0. The summed E-state index contributed by atoms with van der Waals surface area (Å²) in [7, 11) is 1.74. The van der Waals surface area contributed by atoms with Crippen molar-refractivity contribution in [3.05, 3.63) is 59.3 Å². The van der Waals surface area contributed by atoms with Gasteiger partial charge in [-0.3, -0.25) is 9.78 Å². The first-order chi connectivity index (χ1) is 21.4. The Morgan fingerprint density at radius 1 is 1.07 bits per heavy atom. The number of carbonyl (C=O) groups is 2. The summed E-state index contributed by atoms with van der Waals surface area (Å²) in [4.78, 5) is 41.4. The van der Waals surface area contributed by atoms with Gasteiger partial charge in [-0.1, -0.05) is 0 Å². The smallest absolute Gasteiger partial charge is 0.410 e. The van der Waals surface area contributed by atoms with Crippen molar-refractivity contribution in [1.82, 2.24) is 19.8 Å². The van der Waals surface area contributed by atoms with Crippen LogP contribution in [0.1, 0.15) is 62.5 Å². The Bertz CT molecular complexity index is 1510. The number of piperidine rings is 1. The number of anilines is 2. The molecule has 2 aliphatic rings. The first-order valence-electron chi connectivity index (χ1n) is 15.5. The maximum atomic E-state index is 14.0. The Labute approximate surface area is 262 Å². The number of benzene rings is 2. The van der Waals surface area contributed by atoms with Gasteiger partial charge in [0.05, 0.1) is 36.5 Å². The number of morpholine rings is 1. The molecule has 2 fully saturated rings. The van der Waals surface area contributed by atoms with Crippen molar-refractivity contribution in [1.29, 1.82) is 0 Å². The molecule has 3 aromatic rings. The van der Waals surface area contributed by atoms with Gasteiger partial charge in [0, 0.05) is 62.7 Å². The van der Waals surface area contributed by atoms with Gasteiger partial charge in [-0.15, -0.1) is 0 Å². The average Bonchev–Trinajstić information content (AvgIpc) is 2.99. The van der Waals surface area contributed by atoms with Crippen LogP contribution in [0.4, 0.5) is 25.1 Å². The molecule has 242 valence electrons. The van der Waals surface area contributed by atoms with E-state index >= 15 is 0 Å². The number of likely N-dealkylation sites (tertiary alicyclic amines) is 1. The molecule has 10 nitrogen and oxygen atoms in total. The summed E-state index contributed by atoms with van der Waals surface area (Å²) in [5.41, 5.74) is 2.04. The van der Waals surface area contributed by atoms with Gasteiger partial charge in [0.1, 0.15) is 23.1 Å². The molecule has 0 radical (unpaired) electrons. The first-order valence-corrected chi connectivity index (χ1v) is 15.5. The summed E-state index contributed by atoms with van der Waals surface area (Å²) in [6.07, 6.45) is 2.86. The Kier molecular flexibility index (Phi) is 9.71. The van der Waals surface area contributed by atoms with Gasteiger partial charge in [-0.2, -0.15) is 0 Å². The molecule has 1 N–H and O–H groups in total. The summed E-state index contributed by atoms with van der Waals surface area (Å²) >= 11 is 0. The molecule has 2 saturated heterocycles. The topological polar surface area (TPSA) is 100 Å². The van der Waals surface area contributed by atoms with Crippen molar-refractivity contribution in [2.45, 2.75) is 52.2 Å². The van der Waals surface area contributed by atoms with E-state index in [1.54, 1.807) is 30.3 Å². The molecule has 2 amide bonds. The molecule has 0 aliphatic carbocycles. The normalized spacial score (nSPS) is 16.9. The zero-order valence-electron chi connectivity index (χ0n) is 26.6. The van der Waals surface area contributed by atoms with E-state index in [1.165, 1.54) is 12.1 Å². The molecule has 3 heterocycles. The largest absolute Gasteiger partial charge is 0.444 e. The van der Waals surface area contributed by atoms with Gasteiger partial charge in [0.25, 0.3) is 5.91 Å². The summed E-state index contributed by atoms with van der Waals surface area (Å²) in [6, 6.07) is 6.39. The van der Waals surface area contributed by atoms with Crippen LogP contribution in [0.15, 0.2) is 36.5 Å². The highest BCUT2D eigenvalue weighted by atomic mass is 19.1. The van der Waals surface area contributed by atoms with Crippen molar-refractivity contribution in [3.63, 3.8) is 0 Å². The van der Waals surface area contributed by atoms with E-state index in [0.717, 1.165) is 18.9 Å². The predicted octanol–water partition coefficient (Wildman–Crippen LogP) is 5.64. The highest BCUT2D eigenvalue weighted by Gasteiger charge is 2.28. The Hall–Kier alpha value is -4.06. The number of ether oxygens (including phenoxy) is 2. The van der Waals surface area contributed by atoms with E-state index in [1.807, 2.05) is 32.6 Å². The minimum Gasteiger partial charge on any atom is -0.444 e. The van der Waals surface area contributed by atoms with Crippen molar-refractivity contribution in [2.75, 3.05) is 63.2 Å². The molecule has 12 heteroatoms. The van der Waals surface area contributed by atoms with Crippen molar-refractivity contribution in [3.8, 4) is 0 Å². The summed E-state index contributed by atoms with van der Waals surface area (Å²) in [5.74, 6) is -0.546. The number of aromatic nitrogens is 2. The van der Waals surface area contributed by atoms with E-state index in [9.17, 15) is 18.4 Å². The zero-order valence-corrected chi connectivity index (χ0v) is 26.6. The average molecular weight is 625 g/mol. The van der Waals surface area contributed by atoms with Crippen LogP contribution in [0.25, 0.3) is 11.0 Å². The van der Waals surface area contributed by atoms with Crippen molar-refractivity contribution in [2.24, 2.45) is 5.92 Å². The van der Waals surface area contributed by atoms with Gasteiger partial charge in [0.15, 0.2) is 0 Å². The fourth-order valence-electron chi connectivity index (χ4n) is 5.80. The molecule has 0 spiro atoms. The van der Waals surface area contributed by atoms with Gasteiger partial charge in [-0.25, -0.2) is 18.6 Å². The highest BCUT2D eigenvalue weighted by molar-refractivity contribution is 5.98. The number of hydrogen-bond donors (Lipinski definition) is 1. The molecule has 0 saturated carbocycles. The number of nitrogens with zero attached hydrogens (tertiary/aromatic N) is 5. The lowest BCUT2D eigenvalue weighted by Gasteiger charge is -2.34. The van der Waals surface area contributed by atoms with Crippen LogP contribution < -0.4 is 10.2 Å². The Balaban J connectivity index is 1.36. The molecule has 5 rings (SSSR count). The number of carbonyl (C=O) groups excluding carboxylic acids is 2. The molecule has 45 heavy (non-hydrogen) atoms. The van der Waals surface area contributed by atoms with Crippen LogP contribution in [0.3, 0.4) is 0 Å². The molecule has 1 unspecified atom stereocenters. The summed E-state index contributed by atoms with van der Waals surface area (Å²) in [6.45, 7) is 11.6. The standard InChI is InChI=1S/C33H42F2N6O4/c1-21(37-26-17-24(34)16-25(35)18-26)27-14-23(15-28-30(27)38-29(19-36-28)40-10-12-44-13-11-40)31(42)41-8-6-22(7-9-41)20-39(5)32(43)45-33(2,3)4/h14-19,21-22,37H,6-13,20H2,1-5H3. The Morgan fingerprint density at radius 3 is 2.38 bits per heavy atom. The minimum atomic E-state index is -0.687. The van der Waals surface area contributed by atoms with E-state index in [4.69, 9.17) is 19.4 Å². The lowest BCUT2D eigenvalue weighted by Crippen LogP contribution is -2.43. The fraction of sp³-hybridized carbons (Fsp3) is 0.515. The van der Waals surface area contributed by atoms with E-state index < -0.39 is 23.3 Å². The lowest BCUT2D eigenvalue weighted by atomic mass is 9.95. The van der Waals surface area contributed by atoms with Gasteiger partial charge in [0.2, 0.25) is 0 Å². The number of rotatable bonds is 7. The van der Waals surface area contributed by atoms with Crippen LogP contribution in [-0.2, 0) is 9.47 Å². The number of fused-ring (bicyclic) bond motifs is 1. The van der Waals surface area contributed by atoms with E-state index in [2.05, 4.69) is 10.2 Å². The summed E-state index contributed by atoms with van der Waals surface area (Å²) in [5, 5.41) is 3.18. The second-order valence-corrected chi connectivity index (χ2v) is 12.9. The van der Waals surface area contributed by atoms with Crippen molar-refractivity contribution < 1.29 is 27.8 Å². The second kappa shape index (κ2) is 13.5. The minimum absolute atomic E-state index is 0.125. The quantitative estimate of drug-likeness (QED) is 0.361. The molecule has 2 aliphatic heterocycles. The summed E-state index contributed by atoms with van der Waals surface area (Å²) < 4.78 is 38.9. The monoisotopic (exact) mass is 624 g/mol. The number of hydrogen-bond acceptors (Lipinski definition) is 8. The third kappa shape index (κ3) is 8.16. The zero-order chi connectivity index (χ0) is 32.3. The number of halogens is 2. The van der Waals surface area contributed by atoms with Gasteiger partial charge >= 0.3 is 6.09 Å². The molecular formula is C33H42F2N6O4. The second-order valence-electron chi connectivity index (χ2n) is 12.9. The molecule has 2 aromatic carbocycles. The fourth-order valence-corrected chi connectivity index (χ4v) is 5.80. The number of amides is 2. The maximum Gasteiger partial charge on any atom is 0.410 e. The molecule has 0 bridgehead atoms. The van der Waals surface area contributed by atoms with Gasteiger partial charge in [-0.05, 0) is 70.7 Å². The molecule has 1 aromatic heterocycles. The van der Waals surface area contributed by atoms with Crippen LogP contribution in [0.2, 0.25) is 0 Å².